The van der Waals surface area contributed by atoms with Crippen LogP contribution in [0.15, 0.2) is 128 Å². The number of hydrogen-bond acceptors (Lipinski definition) is 8. The van der Waals surface area contributed by atoms with Gasteiger partial charge in [0.1, 0.15) is 12.4 Å². The molecule has 0 saturated carbocycles. The maximum Gasteiger partial charge on any atom is 0.343 e. The molecular weight excluding hydrogens is 671 g/mol. The Bertz CT molecular complexity index is 2220. The smallest absolute Gasteiger partial charge is 0.343 e. The van der Waals surface area contributed by atoms with E-state index >= 15 is 0 Å². The van der Waals surface area contributed by atoms with Crippen LogP contribution in [0.5, 0.6) is 17.2 Å². The highest BCUT2D eigenvalue weighted by atomic mass is 32.1. The molecule has 1 aromatic heterocycles. The molecule has 6 aromatic rings. The molecule has 1 saturated heterocycles. The van der Waals surface area contributed by atoms with Crippen molar-refractivity contribution >= 4 is 45.2 Å². The van der Waals surface area contributed by atoms with E-state index in [-0.39, 0.29) is 17.3 Å². The lowest BCUT2D eigenvalue weighted by molar-refractivity contribution is 0.0682. The molecule has 7 rings (SSSR count). The van der Waals surface area contributed by atoms with Gasteiger partial charge in [-0.2, -0.15) is 0 Å². The fourth-order valence-corrected chi connectivity index (χ4v) is 7.52. The highest BCUT2D eigenvalue weighted by molar-refractivity contribution is 7.22. The van der Waals surface area contributed by atoms with E-state index in [0.717, 1.165) is 35.3 Å². The zero-order valence-electron chi connectivity index (χ0n) is 28.6. The van der Waals surface area contributed by atoms with E-state index in [1.807, 2.05) is 30.3 Å². The van der Waals surface area contributed by atoms with Crippen LogP contribution < -0.4 is 14.2 Å². The molecule has 0 amide bonds. The summed E-state index contributed by atoms with van der Waals surface area (Å²) < 4.78 is 18.6. The monoisotopic (exact) mass is 707 g/mol. The average Bonchev–Trinajstić information content (AvgIpc) is 3.58. The number of esters is 2. The molecule has 0 unspecified atom stereocenters. The van der Waals surface area contributed by atoms with Gasteiger partial charge in [0.15, 0.2) is 17.3 Å². The van der Waals surface area contributed by atoms with Gasteiger partial charge in [0.2, 0.25) is 0 Å². The first-order valence-electron chi connectivity index (χ1n) is 17.3. The number of thiophene rings is 1. The predicted octanol–water partition coefficient (Wildman–Crippen LogP) is 9.75. The van der Waals surface area contributed by atoms with Crippen LogP contribution in [0.25, 0.3) is 26.6 Å². The van der Waals surface area contributed by atoms with E-state index in [1.54, 1.807) is 97.1 Å². The summed E-state index contributed by atoms with van der Waals surface area (Å²) in [5.74, 6) is -0.541. The number of carbonyl (C=O) groups excluding carboxylic acids is 3. The van der Waals surface area contributed by atoms with Gasteiger partial charge in [-0.05, 0) is 110 Å². The molecule has 1 fully saturated rings. The highest BCUT2D eigenvalue weighted by Crippen LogP contribution is 2.43. The van der Waals surface area contributed by atoms with E-state index in [4.69, 9.17) is 14.2 Å². The third kappa shape index (κ3) is 7.89. The molecule has 8 heteroatoms. The van der Waals surface area contributed by atoms with E-state index in [0.29, 0.717) is 45.1 Å². The van der Waals surface area contributed by atoms with E-state index in [1.165, 1.54) is 30.6 Å². The molecule has 0 aliphatic carbocycles. The van der Waals surface area contributed by atoms with Crippen LogP contribution in [0.1, 0.15) is 61.5 Å². The summed E-state index contributed by atoms with van der Waals surface area (Å²) in [5.41, 5.74) is 3.26. The summed E-state index contributed by atoms with van der Waals surface area (Å²) >= 11 is 1.45. The van der Waals surface area contributed by atoms with Crippen LogP contribution in [0.4, 0.5) is 0 Å². The maximum absolute atomic E-state index is 14.4. The van der Waals surface area contributed by atoms with Crippen molar-refractivity contribution in [2.75, 3.05) is 26.2 Å². The Morgan fingerprint density at radius 2 is 1.35 bits per heavy atom. The Morgan fingerprint density at radius 3 is 2.00 bits per heavy atom. The lowest BCUT2D eigenvalue weighted by Gasteiger charge is -2.26. The molecule has 0 atom stereocenters. The first-order chi connectivity index (χ1) is 25.5. The third-order valence-corrected chi connectivity index (χ3v) is 10.3. The quantitative estimate of drug-likeness (QED) is 0.0712. The van der Waals surface area contributed by atoms with Crippen molar-refractivity contribution in [3.8, 4) is 27.7 Å². The van der Waals surface area contributed by atoms with E-state index < -0.39 is 11.9 Å². The van der Waals surface area contributed by atoms with Gasteiger partial charge in [0.25, 0.3) is 0 Å². The zero-order valence-corrected chi connectivity index (χ0v) is 29.4. The predicted molar refractivity (Wildman–Crippen MR) is 206 cm³/mol. The van der Waals surface area contributed by atoms with Gasteiger partial charge < -0.3 is 14.2 Å². The third-order valence-electron chi connectivity index (χ3n) is 9.05. The fraction of sp³-hybridized carbons (Fsp3) is 0.159. The number of fused-ring (bicyclic) bond motifs is 1. The number of piperidine rings is 1. The summed E-state index contributed by atoms with van der Waals surface area (Å²) in [6.45, 7) is 7.61. The number of ether oxygens (including phenoxy) is 3. The second-order valence-electron chi connectivity index (χ2n) is 12.5. The number of ketones is 1. The summed E-state index contributed by atoms with van der Waals surface area (Å²) in [5, 5.41) is 0.792. The molecule has 0 N–H and O–H groups in total. The Kier molecular flexibility index (Phi) is 10.7. The van der Waals surface area contributed by atoms with Crippen molar-refractivity contribution < 1.29 is 28.6 Å². The summed E-state index contributed by atoms with van der Waals surface area (Å²) in [4.78, 5) is 43.9. The minimum absolute atomic E-state index is 0.0457. The number of carbonyl (C=O) groups is 3. The van der Waals surface area contributed by atoms with Crippen LogP contribution in [0, 0.1) is 0 Å². The SMILES string of the molecule is C=Cc1ccc2c(C(=O)c3ccc(OCCN4CCCCC4)cc3)c(-c3ccc(OC(=O)c4ccccc4)c(OC(=O)c4ccccc4)c3)sc2c1. The molecule has 0 radical (unpaired) electrons. The minimum Gasteiger partial charge on any atom is -0.492 e. The van der Waals surface area contributed by atoms with Crippen LogP contribution in [-0.4, -0.2) is 48.9 Å². The molecular formula is C44H37NO6S. The van der Waals surface area contributed by atoms with Gasteiger partial charge in [-0.25, -0.2) is 9.59 Å². The molecule has 1 aliphatic heterocycles. The molecule has 2 heterocycles. The molecule has 260 valence electrons. The first-order valence-corrected chi connectivity index (χ1v) is 18.2. The standard InChI is InChI=1S/C44H37NO6S/c1-2-30-16-22-36-39(28-30)52-42(40(36)41(46)31-17-20-35(21-18-31)49-27-26-45-24-10-5-11-25-45)34-19-23-37(50-43(47)32-12-6-3-7-13-32)38(29-34)51-44(48)33-14-8-4-9-15-33/h2-4,6-9,12-23,28-29H,1,5,10-11,24-27H2. The maximum atomic E-state index is 14.4. The van der Waals surface area contributed by atoms with Gasteiger partial charge in [0, 0.05) is 32.6 Å². The van der Waals surface area contributed by atoms with Crippen molar-refractivity contribution in [2.45, 2.75) is 19.3 Å². The number of likely N-dealkylation sites (tertiary alicyclic amines) is 1. The molecule has 0 spiro atoms. The van der Waals surface area contributed by atoms with Crippen LogP contribution in [0.3, 0.4) is 0 Å². The lowest BCUT2D eigenvalue weighted by atomic mass is 9.97. The second-order valence-corrected chi connectivity index (χ2v) is 13.6. The van der Waals surface area contributed by atoms with Crippen molar-refractivity contribution in [3.63, 3.8) is 0 Å². The van der Waals surface area contributed by atoms with Gasteiger partial charge in [-0.1, -0.05) is 67.6 Å². The molecule has 7 nitrogen and oxygen atoms in total. The Morgan fingerprint density at radius 1 is 0.692 bits per heavy atom. The summed E-state index contributed by atoms with van der Waals surface area (Å²) in [7, 11) is 0. The minimum atomic E-state index is -0.615. The van der Waals surface area contributed by atoms with E-state index in [2.05, 4.69) is 11.5 Å². The average molecular weight is 708 g/mol. The van der Waals surface area contributed by atoms with Gasteiger partial charge >= 0.3 is 11.9 Å². The first kappa shape index (κ1) is 34.6. The van der Waals surface area contributed by atoms with Crippen LogP contribution in [0.2, 0.25) is 0 Å². The molecule has 5 aromatic carbocycles. The van der Waals surface area contributed by atoms with Crippen LogP contribution in [-0.2, 0) is 0 Å². The van der Waals surface area contributed by atoms with Crippen molar-refractivity contribution in [2.24, 2.45) is 0 Å². The second kappa shape index (κ2) is 16.0. The molecule has 1 aliphatic rings. The highest BCUT2D eigenvalue weighted by Gasteiger charge is 2.24. The lowest BCUT2D eigenvalue weighted by Crippen LogP contribution is -2.33. The largest absolute Gasteiger partial charge is 0.492 e. The van der Waals surface area contributed by atoms with Crippen molar-refractivity contribution in [1.82, 2.24) is 4.90 Å². The number of benzene rings is 5. The normalized spacial score (nSPS) is 13.0. The number of nitrogens with zero attached hydrogens (tertiary/aromatic N) is 1. The Balaban J connectivity index is 1.23. The zero-order chi connectivity index (χ0) is 35.9. The van der Waals surface area contributed by atoms with Crippen molar-refractivity contribution in [1.29, 1.82) is 0 Å². The summed E-state index contributed by atoms with van der Waals surface area (Å²) in [6, 6.07) is 35.3. The topological polar surface area (TPSA) is 82.1 Å². The Hall–Kier alpha value is -5.83. The van der Waals surface area contributed by atoms with Gasteiger partial charge in [-0.3, -0.25) is 9.69 Å². The number of rotatable bonds is 12. The van der Waals surface area contributed by atoms with Gasteiger partial charge in [-0.15, -0.1) is 11.3 Å². The molecule has 0 bridgehead atoms. The van der Waals surface area contributed by atoms with E-state index in [9.17, 15) is 14.4 Å². The fourth-order valence-electron chi connectivity index (χ4n) is 6.27. The number of hydrogen-bond donors (Lipinski definition) is 0. The van der Waals surface area contributed by atoms with Gasteiger partial charge in [0.05, 0.1) is 11.1 Å². The van der Waals surface area contributed by atoms with Crippen molar-refractivity contribution in [3.05, 3.63) is 156 Å². The van der Waals surface area contributed by atoms with Crippen LogP contribution >= 0.6 is 11.3 Å². The Labute approximate surface area is 306 Å². The molecule has 52 heavy (non-hydrogen) atoms. The summed E-state index contributed by atoms with van der Waals surface area (Å²) in [6.07, 6.45) is 5.52.